The van der Waals surface area contributed by atoms with E-state index in [4.69, 9.17) is 4.74 Å². The summed E-state index contributed by atoms with van der Waals surface area (Å²) in [6.45, 7) is 3.08. The molecule has 1 aliphatic heterocycles. The SMILES string of the molecule is CCN1N=C(C)c2ccc(OC)c3c(C(=O)C(F)(F)F)cc(C(=O)C(F)(F)F)c1c23. The van der Waals surface area contributed by atoms with Crippen molar-refractivity contribution >= 4 is 33.7 Å². The van der Waals surface area contributed by atoms with E-state index in [1.54, 1.807) is 6.92 Å². The largest absolute Gasteiger partial charge is 0.496 e. The molecule has 0 fully saturated rings. The minimum atomic E-state index is -5.38. The number of hydrogen-bond acceptors (Lipinski definition) is 5. The van der Waals surface area contributed by atoms with E-state index in [1.807, 2.05) is 0 Å². The smallest absolute Gasteiger partial charge is 0.454 e. The van der Waals surface area contributed by atoms with E-state index in [-0.39, 0.29) is 34.3 Å². The first-order valence-corrected chi connectivity index (χ1v) is 8.56. The summed E-state index contributed by atoms with van der Waals surface area (Å²) >= 11 is 0. The van der Waals surface area contributed by atoms with Crippen molar-refractivity contribution in [3.8, 4) is 5.75 Å². The van der Waals surface area contributed by atoms with Crippen LogP contribution in [0.25, 0.3) is 10.8 Å². The lowest BCUT2D eigenvalue weighted by atomic mass is 9.88. The Kier molecular flexibility index (Phi) is 5.03. The molecule has 0 N–H and O–H groups in total. The van der Waals surface area contributed by atoms with Crippen LogP contribution in [0.5, 0.6) is 5.75 Å². The van der Waals surface area contributed by atoms with Crippen LogP contribution in [0, 0.1) is 0 Å². The number of alkyl halides is 6. The van der Waals surface area contributed by atoms with Crippen LogP contribution >= 0.6 is 0 Å². The first-order chi connectivity index (χ1) is 13.8. The fourth-order valence-corrected chi connectivity index (χ4v) is 3.43. The Morgan fingerprint density at radius 2 is 1.57 bits per heavy atom. The van der Waals surface area contributed by atoms with Crippen molar-refractivity contribution in [3.05, 3.63) is 34.9 Å². The summed E-state index contributed by atoms with van der Waals surface area (Å²) in [4.78, 5) is 24.2. The average Bonchev–Trinajstić information content (AvgIpc) is 2.67. The number of ketones is 2. The van der Waals surface area contributed by atoms with Gasteiger partial charge in [-0.25, -0.2) is 0 Å². The van der Waals surface area contributed by atoms with Gasteiger partial charge in [0.05, 0.1) is 24.1 Å². The van der Waals surface area contributed by atoms with Gasteiger partial charge < -0.3 is 4.74 Å². The van der Waals surface area contributed by atoms with Crippen molar-refractivity contribution < 1.29 is 40.7 Å². The Bertz CT molecular complexity index is 1100. The van der Waals surface area contributed by atoms with Crippen LogP contribution in [-0.2, 0) is 0 Å². The van der Waals surface area contributed by atoms with Crippen LogP contribution < -0.4 is 9.75 Å². The van der Waals surface area contributed by atoms with E-state index < -0.39 is 35.0 Å². The summed E-state index contributed by atoms with van der Waals surface area (Å²) < 4.78 is 84.6. The minimum Gasteiger partial charge on any atom is -0.496 e. The molecule has 160 valence electrons. The molecule has 11 heteroatoms. The summed E-state index contributed by atoms with van der Waals surface area (Å²) in [5.41, 5.74) is -2.03. The predicted octanol–water partition coefficient (Wildman–Crippen LogP) is 4.90. The topological polar surface area (TPSA) is 59.0 Å². The van der Waals surface area contributed by atoms with Gasteiger partial charge >= 0.3 is 12.4 Å². The molecular formula is C19H14F6N2O3. The summed E-state index contributed by atoms with van der Waals surface area (Å²) in [7, 11) is 1.15. The summed E-state index contributed by atoms with van der Waals surface area (Å²) in [6.07, 6.45) is -10.8. The Labute approximate surface area is 165 Å². The van der Waals surface area contributed by atoms with Crippen molar-refractivity contribution in [1.82, 2.24) is 0 Å². The van der Waals surface area contributed by atoms with Crippen LogP contribution in [0.3, 0.4) is 0 Å². The number of nitrogens with zero attached hydrogens (tertiary/aromatic N) is 2. The van der Waals surface area contributed by atoms with Crippen LogP contribution in [-0.4, -0.2) is 43.3 Å². The highest BCUT2D eigenvalue weighted by Crippen LogP contribution is 2.45. The van der Waals surface area contributed by atoms with E-state index in [1.165, 1.54) is 19.1 Å². The molecule has 0 aliphatic carbocycles. The molecule has 0 aromatic heterocycles. The lowest BCUT2D eigenvalue weighted by Crippen LogP contribution is -2.31. The van der Waals surface area contributed by atoms with Crippen molar-refractivity contribution in [2.75, 3.05) is 18.7 Å². The molecule has 0 amide bonds. The van der Waals surface area contributed by atoms with Crippen molar-refractivity contribution in [2.24, 2.45) is 5.10 Å². The van der Waals surface area contributed by atoms with E-state index >= 15 is 0 Å². The number of Topliss-reactive ketones (excluding diaryl/α,β-unsaturated/α-hetero) is 2. The second-order valence-electron chi connectivity index (χ2n) is 6.44. The molecule has 0 radical (unpaired) electrons. The van der Waals surface area contributed by atoms with E-state index in [0.717, 1.165) is 12.1 Å². The average molecular weight is 432 g/mol. The Morgan fingerprint density at radius 1 is 1.00 bits per heavy atom. The Hall–Kier alpha value is -3.11. The van der Waals surface area contributed by atoms with Gasteiger partial charge in [-0.3, -0.25) is 14.6 Å². The Morgan fingerprint density at radius 3 is 2.07 bits per heavy atom. The van der Waals surface area contributed by atoms with Gasteiger partial charge in [0, 0.05) is 28.4 Å². The summed E-state index contributed by atoms with van der Waals surface area (Å²) in [5, 5.41) is 4.77. The van der Waals surface area contributed by atoms with E-state index in [9.17, 15) is 35.9 Å². The molecule has 1 aliphatic rings. The quantitative estimate of drug-likeness (QED) is 0.509. The van der Waals surface area contributed by atoms with Crippen molar-refractivity contribution in [1.29, 1.82) is 0 Å². The van der Waals surface area contributed by atoms with Gasteiger partial charge in [0.25, 0.3) is 11.6 Å². The summed E-state index contributed by atoms with van der Waals surface area (Å²) in [6, 6.07) is 3.02. The first-order valence-electron chi connectivity index (χ1n) is 8.56. The zero-order valence-electron chi connectivity index (χ0n) is 15.8. The van der Waals surface area contributed by atoms with Crippen LogP contribution in [0.15, 0.2) is 23.3 Å². The van der Waals surface area contributed by atoms with Crippen LogP contribution in [0.4, 0.5) is 32.0 Å². The van der Waals surface area contributed by atoms with Crippen molar-refractivity contribution in [2.45, 2.75) is 26.2 Å². The second kappa shape index (κ2) is 6.99. The highest BCUT2D eigenvalue weighted by atomic mass is 19.4. The monoisotopic (exact) mass is 432 g/mol. The van der Waals surface area contributed by atoms with Gasteiger partial charge in [0.15, 0.2) is 0 Å². The molecular weight excluding hydrogens is 418 g/mol. The van der Waals surface area contributed by atoms with Gasteiger partial charge in [-0.1, -0.05) is 0 Å². The number of methoxy groups -OCH3 is 1. The first kappa shape index (κ1) is 21.6. The van der Waals surface area contributed by atoms with Crippen LogP contribution in [0.1, 0.15) is 40.1 Å². The van der Waals surface area contributed by atoms with Gasteiger partial charge in [0.1, 0.15) is 5.75 Å². The molecule has 1 heterocycles. The maximum atomic E-state index is 13.3. The molecule has 0 bridgehead atoms. The molecule has 0 saturated carbocycles. The van der Waals surface area contributed by atoms with E-state index in [2.05, 4.69) is 5.10 Å². The number of carbonyl (C=O) groups is 2. The number of ether oxygens (including phenoxy) is 1. The molecule has 0 atom stereocenters. The van der Waals surface area contributed by atoms with Crippen LogP contribution in [0.2, 0.25) is 0 Å². The van der Waals surface area contributed by atoms with Gasteiger partial charge in [-0.2, -0.15) is 31.4 Å². The van der Waals surface area contributed by atoms with Gasteiger partial charge in [-0.05, 0) is 32.0 Å². The van der Waals surface area contributed by atoms with Gasteiger partial charge in [0.2, 0.25) is 0 Å². The zero-order valence-corrected chi connectivity index (χ0v) is 15.8. The highest BCUT2D eigenvalue weighted by molar-refractivity contribution is 6.26. The van der Waals surface area contributed by atoms with Gasteiger partial charge in [-0.15, -0.1) is 0 Å². The summed E-state index contributed by atoms with van der Waals surface area (Å²) in [5.74, 6) is -4.92. The Balaban J connectivity index is 2.60. The number of hydrazone groups is 1. The number of rotatable bonds is 4. The molecule has 0 saturated heterocycles. The number of carbonyl (C=O) groups excluding carboxylic acids is 2. The third kappa shape index (κ3) is 3.27. The third-order valence-electron chi connectivity index (χ3n) is 4.66. The molecule has 5 nitrogen and oxygen atoms in total. The normalized spacial score (nSPS) is 14.0. The second-order valence-corrected chi connectivity index (χ2v) is 6.44. The zero-order chi connectivity index (χ0) is 22.6. The maximum absolute atomic E-state index is 13.3. The molecule has 30 heavy (non-hydrogen) atoms. The minimum absolute atomic E-state index is 0.0216. The highest BCUT2D eigenvalue weighted by Gasteiger charge is 2.46. The number of halogens is 6. The lowest BCUT2D eigenvalue weighted by molar-refractivity contribution is -0.0886. The third-order valence-corrected chi connectivity index (χ3v) is 4.66. The number of anilines is 1. The predicted molar refractivity (Wildman–Crippen MR) is 96.5 cm³/mol. The number of hydrogen-bond donors (Lipinski definition) is 0. The fraction of sp³-hybridized carbons (Fsp3) is 0.316. The maximum Gasteiger partial charge on any atom is 0.454 e. The van der Waals surface area contributed by atoms with Crippen molar-refractivity contribution in [3.63, 3.8) is 0 Å². The molecule has 3 rings (SSSR count). The molecule has 0 unspecified atom stereocenters. The van der Waals surface area contributed by atoms with E-state index in [0.29, 0.717) is 11.8 Å². The number of benzene rings is 2. The molecule has 2 aromatic rings. The molecule has 2 aromatic carbocycles. The standard InChI is InChI=1S/C19H14F6N2O3/c1-4-27-15-11(17(29)19(23,24)25)7-10(16(28)18(20,21)22)13-12(30-3)6-5-9(14(13)15)8(2)26-27/h5-7H,4H2,1-3H3. The lowest BCUT2D eigenvalue weighted by Gasteiger charge is -2.30. The molecule has 0 spiro atoms. The fourth-order valence-electron chi connectivity index (χ4n) is 3.43.